The van der Waals surface area contributed by atoms with Crippen molar-refractivity contribution in [2.45, 2.75) is 43.7 Å². The summed E-state index contributed by atoms with van der Waals surface area (Å²) < 4.78 is 0. The van der Waals surface area contributed by atoms with Crippen LogP contribution in [-0.4, -0.2) is 28.1 Å². The van der Waals surface area contributed by atoms with E-state index in [-0.39, 0.29) is 0 Å². The molecular formula is C12H18N4. The van der Waals surface area contributed by atoms with Crippen LogP contribution < -0.4 is 10.6 Å². The molecule has 3 rings (SSSR count). The molecule has 2 N–H and O–H groups in total. The summed E-state index contributed by atoms with van der Waals surface area (Å²) >= 11 is 0. The summed E-state index contributed by atoms with van der Waals surface area (Å²) in [7, 11) is 0. The van der Waals surface area contributed by atoms with Gasteiger partial charge >= 0.3 is 0 Å². The zero-order chi connectivity index (χ0) is 10.8. The van der Waals surface area contributed by atoms with Crippen molar-refractivity contribution in [2.75, 3.05) is 11.9 Å². The first-order chi connectivity index (χ1) is 7.86. The second-order valence-electron chi connectivity index (χ2n) is 4.97. The molecule has 1 aromatic heterocycles. The van der Waals surface area contributed by atoms with Crippen LogP contribution in [0.2, 0.25) is 0 Å². The summed E-state index contributed by atoms with van der Waals surface area (Å²) in [6.45, 7) is 1.12. The number of piperidine rings is 1. The minimum atomic E-state index is 0.435. The van der Waals surface area contributed by atoms with Gasteiger partial charge in [0.2, 0.25) is 5.95 Å². The van der Waals surface area contributed by atoms with Gasteiger partial charge in [0.1, 0.15) is 0 Å². The maximum atomic E-state index is 4.22. The zero-order valence-electron chi connectivity index (χ0n) is 9.45. The first kappa shape index (κ1) is 10.0. The Kier molecular flexibility index (Phi) is 2.52. The van der Waals surface area contributed by atoms with Crippen LogP contribution in [0.15, 0.2) is 18.5 Å². The van der Waals surface area contributed by atoms with Gasteiger partial charge in [-0.3, -0.25) is 0 Å². The normalized spacial score (nSPS) is 27.4. The molecule has 1 unspecified atom stereocenters. The summed E-state index contributed by atoms with van der Waals surface area (Å²) in [5, 5.41) is 7.11. The van der Waals surface area contributed by atoms with Crippen molar-refractivity contribution >= 4 is 5.95 Å². The molecule has 0 radical (unpaired) electrons. The molecule has 1 saturated carbocycles. The second-order valence-corrected chi connectivity index (χ2v) is 4.97. The van der Waals surface area contributed by atoms with E-state index in [1.165, 1.54) is 32.1 Å². The first-order valence-corrected chi connectivity index (χ1v) is 6.15. The average molecular weight is 218 g/mol. The average Bonchev–Trinajstić information content (AvgIpc) is 2.29. The van der Waals surface area contributed by atoms with Gasteiger partial charge in [-0.25, -0.2) is 9.97 Å². The molecule has 2 heterocycles. The third-order valence-electron chi connectivity index (χ3n) is 3.84. The molecule has 4 heteroatoms. The number of hydrogen-bond acceptors (Lipinski definition) is 4. The zero-order valence-corrected chi connectivity index (χ0v) is 9.45. The molecule has 1 saturated heterocycles. The van der Waals surface area contributed by atoms with E-state index >= 15 is 0 Å². The molecule has 1 atom stereocenters. The third-order valence-corrected chi connectivity index (χ3v) is 3.84. The monoisotopic (exact) mass is 218 g/mol. The van der Waals surface area contributed by atoms with E-state index < -0.39 is 0 Å². The molecule has 16 heavy (non-hydrogen) atoms. The van der Waals surface area contributed by atoms with Crippen LogP contribution in [0, 0.1) is 0 Å². The Balaban J connectivity index is 1.63. The van der Waals surface area contributed by atoms with E-state index in [1.54, 1.807) is 12.4 Å². The Morgan fingerprint density at radius 1 is 1.31 bits per heavy atom. The molecule has 0 aromatic carbocycles. The van der Waals surface area contributed by atoms with E-state index in [4.69, 9.17) is 0 Å². The van der Waals surface area contributed by atoms with Gasteiger partial charge in [0.15, 0.2) is 0 Å². The molecule has 0 amide bonds. The number of nitrogens with one attached hydrogen (secondary N) is 2. The van der Waals surface area contributed by atoms with Gasteiger partial charge in [0.05, 0.1) is 0 Å². The van der Waals surface area contributed by atoms with Gasteiger partial charge in [-0.1, -0.05) is 0 Å². The summed E-state index contributed by atoms with van der Waals surface area (Å²) in [6.07, 6.45) is 10.00. The van der Waals surface area contributed by atoms with Crippen molar-refractivity contribution in [2.24, 2.45) is 0 Å². The summed E-state index contributed by atoms with van der Waals surface area (Å²) in [4.78, 5) is 8.44. The quantitative estimate of drug-likeness (QED) is 0.791. The van der Waals surface area contributed by atoms with Crippen LogP contribution in [0.3, 0.4) is 0 Å². The fourth-order valence-electron chi connectivity index (χ4n) is 2.82. The molecular weight excluding hydrogens is 200 g/mol. The van der Waals surface area contributed by atoms with Gasteiger partial charge in [0.25, 0.3) is 0 Å². The van der Waals surface area contributed by atoms with Gasteiger partial charge in [-0.15, -0.1) is 0 Å². The minimum absolute atomic E-state index is 0.435. The predicted octanol–water partition coefficient (Wildman–Crippen LogP) is 1.56. The van der Waals surface area contributed by atoms with Gasteiger partial charge in [-0.2, -0.15) is 0 Å². The fraction of sp³-hybridized carbons (Fsp3) is 0.667. The third kappa shape index (κ3) is 1.89. The molecule has 1 aromatic rings. The van der Waals surface area contributed by atoms with Crippen molar-refractivity contribution in [1.82, 2.24) is 15.3 Å². The van der Waals surface area contributed by atoms with Crippen molar-refractivity contribution in [3.63, 3.8) is 0 Å². The van der Waals surface area contributed by atoms with E-state index in [0.29, 0.717) is 11.6 Å². The summed E-state index contributed by atoms with van der Waals surface area (Å²) in [5.41, 5.74) is 0.435. The Bertz CT molecular complexity index is 347. The van der Waals surface area contributed by atoms with E-state index in [9.17, 15) is 0 Å². The Morgan fingerprint density at radius 3 is 2.81 bits per heavy atom. The number of aromatic nitrogens is 2. The van der Waals surface area contributed by atoms with E-state index in [0.717, 1.165) is 12.5 Å². The lowest BCUT2D eigenvalue weighted by Gasteiger charge is -2.48. The summed E-state index contributed by atoms with van der Waals surface area (Å²) in [5.74, 6) is 0.767. The molecule has 1 aliphatic heterocycles. The molecule has 0 bridgehead atoms. The first-order valence-electron chi connectivity index (χ1n) is 6.15. The second kappa shape index (κ2) is 4.01. The predicted molar refractivity (Wildman–Crippen MR) is 63.3 cm³/mol. The van der Waals surface area contributed by atoms with Crippen LogP contribution in [0.1, 0.15) is 32.1 Å². The van der Waals surface area contributed by atoms with Crippen molar-refractivity contribution < 1.29 is 0 Å². The van der Waals surface area contributed by atoms with Crippen LogP contribution in [0.5, 0.6) is 0 Å². The van der Waals surface area contributed by atoms with Gasteiger partial charge in [-0.05, 0) is 44.7 Å². The fourth-order valence-corrected chi connectivity index (χ4v) is 2.82. The van der Waals surface area contributed by atoms with Gasteiger partial charge in [0, 0.05) is 24.0 Å². The van der Waals surface area contributed by atoms with Crippen molar-refractivity contribution in [3.8, 4) is 0 Å². The van der Waals surface area contributed by atoms with Crippen molar-refractivity contribution in [3.05, 3.63) is 18.5 Å². The highest BCUT2D eigenvalue weighted by atomic mass is 15.1. The maximum absolute atomic E-state index is 4.22. The van der Waals surface area contributed by atoms with E-state index in [2.05, 4.69) is 20.6 Å². The highest BCUT2D eigenvalue weighted by Crippen LogP contribution is 2.38. The van der Waals surface area contributed by atoms with Crippen molar-refractivity contribution in [1.29, 1.82) is 0 Å². The highest BCUT2D eigenvalue weighted by Gasteiger charge is 2.40. The number of anilines is 1. The number of hydrogen-bond donors (Lipinski definition) is 2. The Morgan fingerprint density at radius 2 is 2.12 bits per heavy atom. The standard InChI is InChI=1S/C12H18N4/c1-4-12(5-1)9-10(3-8-15-12)16-11-13-6-2-7-14-11/h2,6-7,10,15H,1,3-5,8-9H2,(H,13,14,16). The maximum Gasteiger partial charge on any atom is 0.222 e. The molecule has 4 nitrogen and oxygen atoms in total. The smallest absolute Gasteiger partial charge is 0.222 e. The molecule has 1 aliphatic carbocycles. The molecule has 1 spiro atoms. The molecule has 86 valence electrons. The minimum Gasteiger partial charge on any atom is -0.351 e. The highest BCUT2D eigenvalue weighted by molar-refractivity contribution is 5.25. The Labute approximate surface area is 95.9 Å². The lowest BCUT2D eigenvalue weighted by Crippen LogP contribution is -2.58. The Hall–Kier alpha value is -1.16. The lowest BCUT2D eigenvalue weighted by molar-refractivity contribution is 0.135. The SMILES string of the molecule is c1cnc(NC2CCNC3(CCC3)C2)nc1. The van der Waals surface area contributed by atoms with E-state index in [1.807, 2.05) is 6.07 Å². The molecule has 2 fully saturated rings. The lowest BCUT2D eigenvalue weighted by atomic mass is 9.70. The summed E-state index contributed by atoms with van der Waals surface area (Å²) in [6, 6.07) is 2.38. The van der Waals surface area contributed by atoms with Gasteiger partial charge < -0.3 is 10.6 Å². The van der Waals surface area contributed by atoms with Crippen LogP contribution >= 0.6 is 0 Å². The number of rotatable bonds is 2. The van der Waals surface area contributed by atoms with Crippen LogP contribution in [0.25, 0.3) is 0 Å². The molecule has 2 aliphatic rings. The van der Waals surface area contributed by atoms with Crippen LogP contribution in [0.4, 0.5) is 5.95 Å². The number of nitrogens with zero attached hydrogens (tertiary/aromatic N) is 2. The topological polar surface area (TPSA) is 49.8 Å². The van der Waals surface area contributed by atoms with Crippen LogP contribution in [-0.2, 0) is 0 Å². The largest absolute Gasteiger partial charge is 0.351 e.